The van der Waals surface area contributed by atoms with Crippen LogP contribution in [0.4, 0.5) is 11.4 Å². The molecule has 0 bridgehead atoms. The highest BCUT2D eigenvalue weighted by molar-refractivity contribution is 6.09. The highest BCUT2D eigenvalue weighted by Crippen LogP contribution is 2.42. The number of benzene rings is 6. The molecule has 5 nitrogen and oxygen atoms in total. The van der Waals surface area contributed by atoms with Crippen LogP contribution < -0.4 is 14.5 Å². The summed E-state index contributed by atoms with van der Waals surface area (Å²) >= 11 is 0. The Hall–Kier alpha value is -6.59. The van der Waals surface area contributed by atoms with Crippen LogP contribution in [0.3, 0.4) is 0 Å². The minimum atomic E-state index is -0.205. The fraction of sp³-hybridized carbons (Fsp3) is 0.232. The molecule has 0 N–H and O–H groups in total. The lowest BCUT2D eigenvalue weighted by atomic mass is 9.78. The van der Waals surface area contributed by atoms with Crippen molar-refractivity contribution in [3.63, 3.8) is 0 Å². The summed E-state index contributed by atoms with van der Waals surface area (Å²) in [5.74, 6) is 2.47. The van der Waals surface area contributed by atoms with Gasteiger partial charge in [0.2, 0.25) is 0 Å². The van der Waals surface area contributed by atoms with Crippen LogP contribution >= 0.6 is 0 Å². The first-order valence-corrected chi connectivity index (χ1v) is 21.5. The van der Waals surface area contributed by atoms with Crippen LogP contribution in [0.1, 0.15) is 90.1 Å². The molecule has 5 heteroatoms. The summed E-state index contributed by atoms with van der Waals surface area (Å²) in [6.07, 6.45) is 1.94. The number of hydrogen-bond donors (Lipinski definition) is 0. The molecule has 0 spiro atoms. The van der Waals surface area contributed by atoms with Gasteiger partial charge in [0.05, 0.1) is 17.7 Å². The Morgan fingerprint density at radius 3 is 1.70 bits per heavy atom. The molecule has 0 radical (unpaired) electrons. The Bertz CT molecular complexity index is 2930. The first kappa shape index (κ1) is 39.8. The van der Waals surface area contributed by atoms with Crippen molar-refractivity contribution in [2.24, 2.45) is 0 Å². The molecule has 0 saturated heterocycles. The number of ether oxygens (including phenoxy) is 1. The largest absolute Gasteiger partial charge is 0.457 e. The zero-order chi connectivity index (χ0) is 42.7. The first-order chi connectivity index (χ1) is 29.2. The predicted molar refractivity (Wildman–Crippen MR) is 256 cm³/mol. The van der Waals surface area contributed by atoms with Crippen molar-refractivity contribution >= 4 is 33.2 Å². The molecule has 0 fully saturated rings. The Kier molecular flexibility index (Phi) is 9.90. The minimum Gasteiger partial charge on any atom is -0.457 e. The standard InChI is InChI=1S/C56H56N4O/c1-38-39(2)59(37-58(38)45-24-18-23-42(31-45)55(6,7)40-19-12-10-13-20-40)46-32-44(54(3,4)5)33-48(35-46)61-47-27-28-50-49-25-16-17-26-51(49)60(52(50)36-47)53-34-43(29-30-57-53)56(8,9)41-21-14-11-15-22-41/h10-36H,37H2,1-9H3. The third kappa shape index (κ3) is 7.26. The van der Waals surface area contributed by atoms with Crippen molar-refractivity contribution in [1.82, 2.24) is 9.55 Å². The number of aromatic nitrogens is 2. The molecule has 0 amide bonds. The van der Waals surface area contributed by atoms with Crippen LogP contribution in [0.15, 0.2) is 175 Å². The molecule has 8 aromatic rings. The Morgan fingerprint density at radius 1 is 0.459 bits per heavy atom. The quantitative estimate of drug-likeness (QED) is 0.146. The number of allylic oxidation sites excluding steroid dienone is 2. The van der Waals surface area contributed by atoms with Crippen molar-refractivity contribution in [1.29, 1.82) is 0 Å². The third-order valence-corrected chi connectivity index (χ3v) is 13.1. The van der Waals surface area contributed by atoms with Gasteiger partial charge in [-0.3, -0.25) is 4.57 Å². The second kappa shape index (κ2) is 15.1. The maximum absolute atomic E-state index is 6.92. The molecule has 0 unspecified atom stereocenters. The van der Waals surface area contributed by atoms with Crippen LogP contribution in [-0.4, -0.2) is 16.2 Å². The van der Waals surface area contributed by atoms with E-state index in [4.69, 9.17) is 9.72 Å². The van der Waals surface area contributed by atoms with E-state index < -0.39 is 0 Å². The smallest absolute Gasteiger partial charge is 0.137 e. The second-order valence-electron chi connectivity index (χ2n) is 18.7. The normalized spacial score (nSPS) is 13.8. The molecule has 9 rings (SSSR count). The monoisotopic (exact) mass is 800 g/mol. The van der Waals surface area contributed by atoms with Gasteiger partial charge in [-0.2, -0.15) is 0 Å². The van der Waals surface area contributed by atoms with E-state index in [2.05, 4.69) is 234 Å². The predicted octanol–water partition coefficient (Wildman–Crippen LogP) is 14.5. The molecule has 0 atom stereocenters. The van der Waals surface area contributed by atoms with Gasteiger partial charge >= 0.3 is 0 Å². The van der Waals surface area contributed by atoms with E-state index >= 15 is 0 Å². The van der Waals surface area contributed by atoms with Crippen molar-refractivity contribution in [3.05, 3.63) is 203 Å². The minimum absolute atomic E-state index is 0.0991. The average Bonchev–Trinajstić information content (AvgIpc) is 3.76. The highest BCUT2D eigenvalue weighted by Gasteiger charge is 2.30. The summed E-state index contributed by atoms with van der Waals surface area (Å²) < 4.78 is 9.21. The van der Waals surface area contributed by atoms with Gasteiger partial charge < -0.3 is 14.5 Å². The molecular weight excluding hydrogens is 745 g/mol. The molecular formula is C56H56N4O. The van der Waals surface area contributed by atoms with E-state index in [1.54, 1.807) is 0 Å². The maximum Gasteiger partial charge on any atom is 0.137 e. The lowest BCUT2D eigenvalue weighted by molar-refractivity contribution is 0.479. The lowest BCUT2D eigenvalue weighted by Crippen LogP contribution is -2.28. The molecule has 1 aliphatic rings. The fourth-order valence-electron chi connectivity index (χ4n) is 8.96. The molecule has 61 heavy (non-hydrogen) atoms. The second-order valence-corrected chi connectivity index (χ2v) is 18.7. The van der Waals surface area contributed by atoms with Gasteiger partial charge in [0.25, 0.3) is 0 Å². The van der Waals surface area contributed by atoms with E-state index in [0.717, 1.165) is 39.4 Å². The topological polar surface area (TPSA) is 33.5 Å². The van der Waals surface area contributed by atoms with E-state index in [9.17, 15) is 0 Å². The molecule has 3 heterocycles. The van der Waals surface area contributed by atoms with E-state index in [0.29, 0.717) is 6.67 Å². The van der Waals surface area contributed by atoms with Crippen molar-refractivity contribution < 1.29 is 4.74 Å². The summed E-state index contributed by atoms with van der Waals surface area (Å²) in [6, 6.07) is 56.7. The van der Waals surface area contributed by atoms with E-state index in [1.165, 1.54) is 50.3 Å². The average molecular weight is 801 g/mol. The van der Waals surface area contributed by atoms with Gasteiger partial charge in [-0.1, -0.05) is 139 Å². The zero-order valence-electron chi connectivity index (χ0n) is 37.0. The molecule has 0 aliphatic carbocycles. The number of fused-ring (bicyclic) bond motifs is 3. The van der Waals surface area contributed by atoms with Gasteiger partial charge in [-0.15, -0.1) is 0 Å². The zero-order valence-corrected chi connectivity index (χ0v) is 37.0. The number of anilines is 2. The Morgan fingerprint density at radius 2 is 1.03 bits per heavy atom. The van der Waals surface area contributed by atoms with Gasteiger partial charge in [0, 0.05) is 62.7 Å². The van der Waals surface area contributed by atoms with E-state index in [1.807, 2.05) is 6.20 Å². The van der Waals surface area contributed by atoms with Crippen molar-refractivity contribution in [3.8, 4) is 17.3 Å². The summed E-state index contributed by atoms with van der Waals surface area (Å²) in [4.78, 5) is 9.83. The molecule has 0 saturated carbocycles. The highest BCUT2D eigenvalue weighted by atomic mass is 16.5. The van der Waals surface area contributed by atoms with Crippen LogP contribution in [0.2, 0.25) is 0 Å². The van der Waals surface area contributed by atoms with Crippen LogP contribution in [0, 0.1) is 0 Å². The summed E-state index contributed by atoms with van der Waals surface area (Å²) in [5.41, 5.74) is 12.8. The number of para-hydroxylation sites is 1. The van der Waals surface area contributed by atoms with Gasteiger partial charge in [-0.25, -0.2) is 4.98 Å². The third-order valence-electron chi connectivity index (χ3n) is 13.1. The summed E-state index contributed by atoms with van der Waals surface area (Å²) in [5, 5.41) is 2.34. The first-order valence-electron chi connectivity index (χ1n) is 21.5. The number of hydrogen-bond acceptors (Lipinski definition) is 4. The Labute approximate surface area is 361 Å². The van der Waals surface area contributed by atoms with Crippen LogP contribution in [0.5, 0.6) is 11.5 Å². The molecule has 6 aromatic carbocycles. The van der Waals surface area contributed by atoms with Crippen molar-refractivity contribution in [2.45, 2.75) is 78.6 Å². The fourth-order valence-corrected chi connectivity index (χ4v) is 8.96. The molecule has 306 valence electrons. The lowest BCUT2D eigenvalue weighted by Gasteiger charge is -2.29. The number of pyridine rings is 1. The summed E-state index contributed by atoms with van der Waals surface area (Å²) in [6.45, 7) is 21.2. The Balaban J connectivity index is 1.07. The van der Waals surface area contributed by atoms with Gasteiger partial charge in [0.1, 0.15) is 17.3 Å². The van der Waals surface area contributed by atoms with Crippen LogP contribution in [-0.2, 0) is 16.2 Å². The van der Waals surface area contributed by atoms with E-state index in [-0.39, 0.29) is 16.2 Å². The summed E-state index contributed by atoms with van der Waals surface area (Å²) in [7, 11) is 0. The number of rotatable bonds is 9. The SMILES string of the molecule is CC1=C(C)N(c2cccc(C(C)(C)c3ccccc3)c2)CN1c1cc(Oc2ccc3c4ccccc4n(-c4cc(C(C)(C)c5ccccc5)ccn4)c3c2)cc(C(C)(C)C)c1. The molecule has 1 aliphatic heterocycles. The van der Waals surface area contributed by atoms with Crippen LogP contribution in [0.25, 0.3) is 27.6 Å². The number of nitrogens with zero attached hydrogens (tertiary/aromatic N) is 4. The van der Waals surface area contributed by atoms with Gasteiger partial charge in [0.15, 0.2) is 0 Å². The van der Waals surface area contributed by atoms with Crippen molar-refractivity contribution in [2.75, 3.05) is 16.5 Å². The van der Waals surface area contributed by atoms with Gasteiger partial charge in [-0.05, 0) is 102 Å². The molecule has 2 aromatic heterocycles. The maximum atomic E-state index is 6.92.